The molecule has 0 aliphatic heterocycles. The zero-order chi connectivity index (χ0) is 12.0. The molecule has 17 heavy (non-hydrogen) atoms. The Morgan fingerprint density at radius 2 is 2.35 bits per heavy atom. The van der Waals surface area contributed by atoms with Gasteiger partial charge in [-0.25, -0.2) is 4.99 Å². The zero-order valence-corrected chi connectivity index (χ0v) is 12.5. The Balaban J connectivity index is 0.00000256. The van der Waals surface area contributed by atoms with Gasteiger partial charge in [-0.15, -0.1) is 30.6 Å². The highest BCUT2D eigenvalue weighted by Crippen LogP contribution is 2.26. The molecule has 0 saturated carbocycles. The summed E-state index contributed by atoms with van der Waals surface area (Å²) in [6.45, 7) is 4.02. The molecule has 4 nitrogen and oxygen atoms in total. The van der Waals surface area contributed by atoms with Gasteiger partial charge in [0.05, 0.1) is 18.7 Å². The number of nitrogens with one attached hydrogen (secondary N) is 1. The summed E-state index contributed by atoms with van der Waals surface area (Å²) in [5.74, 6) is 0.940. The van der Waals surface area contributed by atoms with E-state index in [0.717, 1.165) is 5.69 Å². The van der Waals surface area contributed by atoms with E-state index >= 15 is 0 Å². The molecule has 0 aliphatic carbocycles. The van der Waals surface area contributed by atoms with Crippen LogP contribution in [0.5, 0.6) is 5.75 Å². The molecule has 0 fully saturated rings. The lowest BCUT2D eigenvalue weighted by Crippen LogP contribution is -2.22. The van der Waals surface area contributed by atoms with Crippen molar-refractivity contribution in [3.63, 3.8) is 0 Å². The van der Waals surface area contributed by atoms with Crippen LogP contribution in [0, 0.1) is 0 Å². The predicted molar refractivity (Wildman–Crippen MR) is 83.7 cm³/mol. The number of ether oxygens (including phenoxy) is 1. The second kappa shape index (κ2) is 8.19. The zero-order valence-electron chi connectivity index (χ0n) is 9.44. The molecule has 0 atom stereocenters. The van der Waals surface area contributed by atoms with Crippen LogP contribution in [0.2, 0.25) is 5.02 Å². The van der Waals surface area contributed by atoms with E-state index in [1.807, 2.05) is 0 Å². The fourth-order valence-corrected chi connectivity index (χ4v) is 1.35. The Morgan fingerprint density at radius 3 is 2.88 bits per heavy atom. The van der Waals surface area contributed by atoms with Gasteiger partial charge in [-0.3, -0.25) is 0 Å². The van der Waals surface area contributed by atoms with Gasteiger partial charge in [0, 0.05) is 5.69 Å². The minimum absolute atomic E-state index is 0. The molecule has 3 N–H and O–H groups in total. The molecular weight excluding hydrogens is 352 g/mol. The van der Waals surface area contributed by atoms with Gasteiger partial charge in [0.25, 0.3) is 0 Å². The Kier molecular flexibility index (Phi) is 7.73. The summed E-state index contributed by atoms with van der Waals surface area (Å²) in [4.78, 5) is 4.00. The Hall–Kier alpha value is -0.950. The molecule has 0 aromatic heterocycles. The van der Waals surface area contributed by atoms with Crippen molar-refractivity contribution >= 4 is 47.2 Å². The standard InChI is InChI=1S/C11H14ClN3O.HI/c1-3-6-14-11(13)15-8-4-5-10(16-2)9(12)7-8;/h3-5,7H,1,6H2,2H3,(H3,13,14,15);1H. The van der Waals surface area contributed by atoms with E-state index in [0.29, 0.717) is 23.3 Å². The van der Waals surface area contributed by atoms with Gasteiger partial charge in [0.15, 0.2) is 5.96 Å². The number of nitrogens with two attached hydrogens (primary N) is 1. The van der Waals surface area contributed by atoms with E-state index in [2.05, 4.69) is 16.9 Å². The van der Waals surface area contributed by atoms with E-state index in [4.69, 9.17) is 22.1 Å². The summed E-state index contributed by atoms with van der Waals surface area (Å²) in [6.07, 6.45) is 1.66. The number of rotatable bonds is 4. The van der Waals surface area contributed by atoms with Gasteiger partial charge in [-0.2, -0.15) is 0 Å². The Morgan fingerprint density at radius 1 is 1.65 bits per heavy atom. The largest absolute Gasteiger partial charge is 0.495 e. The van der Waals surface area contributed by atoms with Crippen molar-refractivity contribution in [3.8, 4) is 5.75 Å². The number of hydrogen-bond acceptors (Lipinski definition) is 2. The topological polar surface area (TPSA) is 59.6 Å². The van der Waals surface area contributed by atoms with Crippen molar-refractivity contribution in [1.29, 1.82) is 0 Å². The smallest absolute Gasteiger partial charge is 0.193 e. The number of halogens is 2. The van der Waals surface area contributed by atoms with Crippen molar-refractivity contribution in [2.75, 3.05) is 19.0 Å². The van der Waals surface area contributed by atoms with Crippen LogP contribution < -0.4 is 15.8 Å². The van der Waals surface area contributed by atoms with E-state index in [1.165, 1.54) is 0 Å². The lowest BCUT2D eigenvalue weighted by atomic mass is 10.3. The van der Waals surface area contributed by atoms with Crippen molar-refractivity contribution in [3.05, 3.63) is 35.9 Å². The average Bonchev–Trinajstić information content (AvgIpc) is 2.26. The monoisotopic (exact) mass is 367 g/mol. The summed E-state index contributed by atoms with van der Waals surface area (Å²) < 4.78 is 5.04. The molecule has 94 valence electrons. The third kappa shape index (κ3) is 5.27. The highest BCUT2D eigenvalue weighted by atomic mass is 127. The molecule has 0 radical (unpaired) electrons. The summed E-state index contributed by atoms with van der Waals surface area (Å²) in [7, 11) is 1.56. The fraction of sp³-hybridized carbons (Fsp3) is 0.182. The second-order valence-electron chi connectivity index (χ2n) is 2.99. The van der Waals surface area contributed by atoms with Crippen molar-refractivity contribution in [1.82, 2.24) is 0 Å². The minimum atomic E-state index is 0. The van der Waals surface area contributed by atoms with Crippen molar-refractivity contribution in [2.24, 2.45) is 10.7 Å². The summed E-state index contributed by atoms with van der Waals surface area (Å²) >= 11 is 5.96. The Bertz CT molecular complexity index is 410. The SMILES string of the molecule is C=CCN=C(N)Nc1ccc(OC)c(Cl)c1.I. The summed E-state index contributed by atoms with van der Waals surface area (Å²) in [5, 5.41) is 3.43. The fourth-order valence-electron chi connectivity index (χ4n) is 1.09. The third-order valence-corrected chi connectivity index (χ3v) is 2.11. The first kappa shape index (κ1) is 16.1. The number of aliphatic imine (C=N–C) groups is 1. The third-order valence-electron chi connectivity index (χ3n) is 1.81. The van der Waals surface area contributed by atoms with Gasteiger partial charge in [-0.1, -0.05) is 17.7 Å². The molecule has 6 heteroatoms. The quantitative estimate of drug-likeness (QED) is 0.372. The molecule has 0 heterocycles. The van der Waals surface area contributed by atoms with Gasteiger partial charge in [0.1, 0.15) is 5.75 Å². The molecule has 0 spiro atoms. The Labute approximate surface area is 123 Å². The van der Waals surface area contributed by atoms with Crippen LogP contribution in [0.25, 0.3) is 0 Å². The average molecular weight is 368 g/mol. The first-order valence-electron chi connectivity index (χ1n) is 4.68. The van der Waals surface area contributed by atoms with E-state index in [9.17, 15) is 0 Å². The van der Waals surface area contributed by atoms with Crippen LogP contribution in [0.4, 0.5) is 5.69 Å². The number of nitrogens with zero attached hydrogens (tertiary/aromatic N) is 1. The van der Waals surface area contributed by atoms with E-state index in [1.54, 1.807) is 31.4 Å². The molecule has 0 bridgehead atoms. The van der Waals surface area contributed by atoms with Gasteiger partial charge >= 0.3 is 0 Å². The number of anilines is 1. The van der Waals surface area contributed by atoms with E-state index < -0.39 is 0 Å². The minimum Gasteiger partial charge on any atom is -0.495 e. The first-order valence-corrected chi connectivity index (χ1v) is 5.06. The molecule has 1 aromatic rings. The van der Waals surface area contributed by atoms with Crippen LogP contribution in [0.3, 0.4) is 0 Å². The lowest BCUT2D eigenvalue weighted by molar-refractivity contribution is 0.415. The van der Waals surface area contributed by atoms with Crippen molar-refractivity contribution in [2.45, 2.75) is 0 Å². The molecule has 1 rings (SSSR count). The molecule has 1 aromatic carbocycles. The van der Waals surface area contributed by atoms with Crippen LogP contribution in [0.1, 0.15) is 0 Å². The molecule has 0 aliphatic rings. The maximum absolute atomic E-state index is 5.96. The van der Waals surface area contributed by atoms with Crippen LogP contribution >= 0.6 is 35.6 Å². The second-order valence-corrected chi connectivity index (χ2v) is 3.40. The number of benzene rings is 1. The number of guanidine groups is 1. The first-order chi connectivity index (χ1) is 7.67. The summed E-state index contributed by atoms with van der Waals surface area (Å²) in [6, 6.07) is 5.28. The van der Waals surface area contributed by atoms with Crippen LogP contribution in [-0.2, 0) is 0 Å². The van der Waals surface area contributed by atoms with Gasteiger partial charge in [0.2, 0.25) is 0 Å². The molecular formula is C11H15ClIN3O. The van der Waals surface area contributed by atoms with Crippen LogP contribution in [0.15, 0.2) is 35.8 Å². The van der Waals surface area contributed by atoms with E-state index in [-0.39, 0.29) is 24.0 Å². The summed E-state index contributed by atoms with van der Waals surface area (Å²) in [5.41, 5.74) is 6.39. The molecule has 0 saturated heterocycles. The number of methoxy groups -OCH3 is 1. The highest BCUT2D eigenvalue weighted by Gasteiger charge is 2.01. The maximum Gasteiger partial charge on any atom is 0.193 e. The van der Waals surface area contributed by atoms with Crippen molar-refractivity contribution < 1.29 is 4.74 Å². The van der Waals surface area contributed by atoms with Gasteiger partial charge < -0.3 is 15.8 Å². The van der Waals surface area contributed by atoms with Gasteiger partial charge in [-0.05, 0) is 18.2 Å². The van der Waals surface area contributed by atoms with Crippen LogP contribution in [-0.4, -0.2) is 19.6 Å². The molecule has 0 amide bonds. The highest BCUT2D eigenvalue weighted by molar-refractivity contribution is 14.0. The lowest BCUT2D eigenvalue weighted by Gasteiger charge is -2.07. The normalized spacial score (nSPS) is 10.4. The number of hydrogen-bond donors (Lipinski definition) is 2. The maximum atomic E-state index is 5.96. The molecule has 0 unspecified atom stereocenters. The predicted octanol–water partition coefficient (Wildman–Crippen LogP) is 2.88.